The first-order valence-corrected chi connectivity index (χ1v) is 10.00. The fourth-order valence-corrected chi connectivity index (χ4v) is 3.86. The van der Waals surface area contributed by atoms with E-state index in [9.17, 15) is 14.0 Å². The molecule has 1 aromatic carbocycles. The number of piperidine rings is 1. The summed E-state index contributed by atoms with van der Waals surface area (Å²) in [6.45, 7) is 3.54. The van der Waals surface area contributed by atoms with Crippen LogP contribution < -0.4 is 4.74 Å². The zero-order chi connectivity index (χ0) is 21.1. The lowest BCUT2D eigenvalue weighted by Gasteiger charge is -2.42. The Labute approximate surface area is 173 Å². The normalized spacial score (nSPS) is 20.5. The van der Waals surface area contributed by atoms with E-state index < -0.39 is 0 Å². The minimum absolute atomic E-state index is 0.00865. The van der Waals surface area contributed by atoms with Gasteiger partial charge in [0.05, 0.1) is 6.54 Å². The van der Waals surface area contributed by atoms with E-state index >= 15 is 0 Å². The lowest BCUT2D eigenvalue weighted by Crippen LogP contribution is -2.55. The highest BCUT2D eigenvalue weighted by Gasteiger charge is 2.35. The number of hydrogen-bond donors (Lipinski definition) is 0. The van der Waals surface area contributed by atoms with Crippen LogP contribution in [0, 0.1) is 12.7 Å². The molecule has 1 unspecified atom stereocenters. The maximum atomic E-state index is 13.0. The number of ether oxygens (including phenoxy) is 2. The number of nitrogens with zero attached hydrogens (tertiary/aromatic N) is 3. The number of morpholine rings is 1. The number of amides is 2. The minimum atomic E-state index is -0.323. The fourth-order valence-electron chi connectivity index (χ4n) is 3.86. The fraction of sp³-hybridized carbons (Fsp3) is 0.476. The molecule has 1 aromatic heterocycles. The third-order valence-electron chi connectivity index (χ3n) is 5.55. The Morgan fingerprint density at radius 3 is 2.67 bits per heavy atom. The van der Waals surface area contributed by atoms with Gasteiger partial charge in [0.25, 0.3) is 5.91 Å². The smallest absolute Gasteiger partial charge is 0.276 e. The first-order valence-electron chi connectivity index (χ1n) is 10.00. The summed E-state index contributed by atoms with van der Waals surface area (Å²) in [5.74, 6) is 0.549. The highest BCUT2D eigenvalue weighted by Crippen LogP contribution is 2.22. The number of carbonyl (C=O) groups is 2. The second kappa shape index (κ2) is 8.83. The summed E-state index contributed by atoms with van der Waals surface area (Å²) in [7, 11) is 0. The Hall–Kier alpha value is -2.94. The van der Waals surface area contributed by atoms with Gasteiger partial charge in [-0.05, 0) is 44.0 Å². The van der Waals surface area contributed by atoms with Crippen molar-refractivity contribution in [3.63, 3.8) is 0 Å². The van der Waals surface area contributed by atoms with Crippen LogP contribution in [-0.4, -0.2) is 71.6 Å². The molecule has 2 aliphatic rings. The van der Waals surface area contributed by atoms with Crippen molar-refractivity contribution in [2.75, 3.05) is 32.8 Å². The minimum Gasteiger partial charge on any atom is -0.491 e. The first-order chi connectivity index (χ1) is 14.5. The van der Waals surface area contributed by atoms with Crippen LogP contribution in [0.5, 0.6) is 5.75 Å². The quantitative estimate of drug-likeness (QED) is 0.740. The van der Waals surface area contributed by atoms with Crippen molar-refractivity contribution in [3.8, 4) is 5.75 Å². The molecule has 30 heavy (non-hydrogen) atoms. The van der Waals surface area contributed by atoms with Gasteiger partial charge in [0.2, 0.25) is 5.91 Å². The Kier molecular flexibility index (Phi) is 5.98. The Balaban J connectivity index is 1.30. The van der Waals surface area contributed by atoms with Crippen LogP contribution >= 0.6 is 0 Å². The van der Waals surface area contributed by atoms with Crippen LogP contribution in [0.3, 0.4) is 0 Å². The number of carbonyl (C=O) groups excluding carboxylic acids is 2. The van der Waals surface area contributed by atoms with Gasteiger partial charge in [-0.15, -0.1) is 0 Å². The monoisotopic (exact) mass is 417 g/mol. The molecule has 3 heterocycles. The average Bonchev–Trinajstić information content (AvgIpc) is 3.20. The number of aromatic nitrogens is 1. The molecule has 2 saturated heterocycles. The standard InChI is InChI=1S/C21H24FN3O5/c1-14-20(23-13-30-14)21(27)24-8-6-16(7-9-24)25-10-18(29-12-19(25)26)11-28-17-4-2-15(22)3-5-17/h2-5,13,16,18H,6-12H2,1H3. The summed E-state index contributed by atoms with van der Waals surface area (Å²) in [6.07, 6.45) is 2.40. The van der Waals surface area contributed by atoms with Crippen LogP contribution in [-0.2, 0) is 9.53 Å². The van der Waals surface area contributed by atoms with Crippen molar-refractivity contribution in [1.29, 1.82) is 0 Å². The topological polar surface area (TPSA) is 85.1 Å². The van der Waals surface area contributed by atoms with Crippen molar-refractivity contribution < 1.29 is 27.9 Å². The summed E-state index contributed by atoms with van der Waals surface area (Å²) in [5.41, 5.74) is 0.342. The highest BCUT2D eigenvalue weighted by atomic mass is 19.1. The van der Waals surface area contributed by atoms with Crippen LogP contribution in [0.1, 0.15) is 29.1 Å². The second-order valence-corrected chi connectivity index (χ2v) is 7.52. The molecule has 4 rings (SSSR count). The van der Waals surface area contributed by atoms with Gasteiger partial charge in [0.1, 0.15) is 36.6 Å². The molecule has 2 fully saturated rings. The average molecular weight is 417 g/mol. The molecule has 2 amide bonds. The molecular formula is C21H24FN3O5. The molecule has 2 aliphatic heterocycles. The van der Waals surface area contributed by atoms with Crippen molar-refractivity contribution >= 4 is 11.8 Å². The van der Waals surface area contributed by atoms with Gasteiger partial charge in [-0.2, -0.15) is 0 Å². The molecule has 0 N–H and O–H groups in total. The van der Waals surface area contributed by atoms with Gasteiger partial charge in [0.15, 0.2) is 12.1 Å². The van der Waals surface area contributed by atoms with E-state index in [4.69, 9.17) is 13.9 Å². The molecule has 0 bridgehead atoms. The summed E-state index contributed by atoms with van der Waals surface area (Å²) in [5, 5.41) is 0. The van der Waals surface area contributed by atoms with Crippen LogP contribution in [0.25, 0.3) is 0 Å². The lowest BCUT2D eigenvalue weighted by molar-refractivity contribution is -0.155. The van der Waals surface area contributed by atoms with E-state index in [0.717, 1.165) is 0 Å². The molecule has 0 saturated carbocycles. The summed E-state index contributed by atoms with van der Waals surface area (Å²) in [4.78, 5) is 32.6. The zero-order valence-corrected chi connectivity index (χ0v) is 16.8. The molecule has 2 aromatic rings. The van der Waals surface area contributed by atoms with Crippen LogP contribution in [0.15, 0.2) is 35.1 Å². The molecule has 0 aliphatic carbocycles. The van der Waals surface area contributed by atoms with Crippen molar-refractivity contribution in [1.82, 2.24) is 14.8 Å². The SMILES string of the molecule is Cc1ocnc1C(=O)N1CCC(N2CC(COc3ccc(F)cc3)OCC2=O)CC1. The maximum absolute atomic E-state index is 13.0. The van der Waals surface area contributed by atoms with E-state index in [1.165, 1.54) is 18.5 Å². The summed E-state index contributed by atoms with van der Waals surface area (Å²) >= 11 is 0. The molecule has 1 atom stereocenters. The number of oxazole rings is 1. The predicted molar refractivity (Wildman–Crippen MR) is 104 cm³/mol. The molecule has 160 valence electrons. The van der Waals surface area contributed by atoms with Crippen molar-refractivity contribution in [2.45, 2.75) is 31.9 Å². The number of hydrogen-bond acceptors (Lipinski definition) is 6. The maximum Gasteiger partial charge on any atom is 0.276 e. The lowest BCUT2D eigenvalue weighted by atomic mass is 10.0. The molecule has 8 nitrogen and oxygen atoms in total. The number of aryl methyl sites for hydroxylation is 1. The van der Waals surface area contributed by atoms with Gasteiger partial charge in [-0.3, -0.25) is 9.59 Å². The number of benzene rings is 1. The molecular weight excluding hydrogens is 393 g/mol. The van der Waals surface area contributed by atoms with E-state index in [2.05, 4.69) is 4.98 Å². The molecule has 9 heteroatoms. The molecule has 0 spiro atoms. The van der Waals surface area contributed by atoms with Gasteiger partial charge in [0, 0.05) is 19.1 Å². The first kappa shape index (κ1) is 20.3. The number of halogens is 1. The Morgan fingerprint density at radius 2 is 2.00 bits per heavy atom. The third-order valence-corrected chi connectivity index (χ3v) is 5.55. The molecule has 0 radical (unpaired) electrons. The zero-order valence-electron chi connectivity index (χ0n) is 16.8. The van der Waals surface area contributed by atoms with Gasteiger partial charge >= 0.3 is 0 Å². The summed E-state index contributed by atoms with van der Waals surface area (Å²) in [6, 6.07) is 5.84. The van der Waals surface area contributed by atoms with Crippen molar-refractivity contribution in [3.05, 3.63) is 47.9 Å². The van der Waals surface area contributed by atoms with Gasteiger partial charge in [-0.1, -0.05) is 0 Å². The number of likely N-dealkylation sites (tertiary alicyclic amines) is 1. The largest absolute Gasteiger partial charge is 0.491 e. The predicted octanol–water partition coefficient (Wildman–Crippen LogP) is 2.03. The van der Waals surface area contributed by atoms with E-state index in [-0.39, 0.29) is 43.0 Å². The van der Waals surface area contributed by atoms with Crippen LogP contribution in [0.4, 0.5) is 4.39 Å². The third kappa shape index (κ3) is 4.46. The Bertz CT molecular complexity index is 892. The second-order valence-electron chi connectivity index (χ2n) is 7.52. The Morgan fingerprint density at radius 1 is 1.27 bits per heavy atom. The van der Waals surface area contributed by atoms with E-state index in [0.29, 0.717) is 49.7 Å². The number of rotatable bonds is 5. The van der Waals surface area contributed by atoms with Gasteiger partial charge < -0.3 is 23.7 Å². The summed E-state index contributed by atoms with van der Waals surface area (Å²) < 4.78 is 29.4. The van der Waals surface area contributed by atoms with Gasteiger partial charge in [-0.25, -0.2) is 9.37 Å². The van der Waals surface area contributed by atoms with Crippen molar-refractivity contribution in [2.24, 2.45) is 0 Å². The highest BCUT2D eigenvalue weighted by molar-refractivity contribution is 5.93. The van der Waals surface area contributed by atoms with Crippen LogP contribution in [0.2, 0.25) is 0 Å². The van der Waals surface area contributed by atoms with E-state index in [1.54, 1.807) is 24.0 Å². The van der Waals surface area contributed by atoms with E-state index in [1.807, 2.05) is 4.90 Å².